The summed E-state index contributed by atoms with van der Waals surface area (Å²) < 4.78 is 0. The molecule has 0 unspecified atom stereocenters. The van der Waals surface area contributed by atoms with Gasteiger partial charge in [-0.3, -0.25) is 9.97 Å². The van der Waals surface area contributed by atoms with E-state index in [2.05, 4.69) is 174 Å². The monoisotopic (exact) mass is 689 g/mol. The van der Waals surface area contributed by atoms with E-state index in [4.69, 9.17) is 4.98 Å². The molecule has 3 nitrogen and oxygen atoms in total. The van der Waals surface area contributed by atoms with Crippen LogP contribution < -0.4 is 0 Å². The highest BCUT2D eigenvalue weighted by molar-refractivity contribution is 5.84. The first-order chi connectivity index (χ1) is 26.7. The van der Waals surface area contributed by atoms with Crippen molar-refractivity contribution in [1.29, 1.82) is 0 Å². The summed E-state index contributed by atoms with van der Waals surface area (Å²) in [6.45, 7) is 0. The smallest absolute Gasteiger partial charge is 0.0716 e. The van der Waals surface area contributed by atoms with Crippen molar-refractivity contribution in [3.8, 4) is 89.3 Å². The predicted octanol–water partition coefficient (Wildman–Crippen LogP) is 13.2. The largest absolute Gasteiger partial charge is 0.265 e. The number of hydrogen-bond donors (Lipinski definition) is 0. The van der Waals surface area contributed by atoms with Gasteiger partial charge in [0.05, 0.1) is 11.4 Å². The molecule has 3 aromatic heterocycles. The van der Waals surface area contributed by atoms with Crippen LogP contribution in [-0.2, 0) is 0 Å². The molecule has 3 heterocycles. The van der Waals surface area contributed by atoms with Crippen LogP contribution in [0.5, 0.6) is 0 Å². The quantitative estimate of drug-likeness (QED) is 0.159. The highest BCUT2D eigenvalue weighted by Gasteiger charge is 2.12. The van der Waals surface area contributed by atoms with Crippen molar-refractivity contribution < 1.29 is 0 Å². The molecule has 54 heavy (non-hydrogen) atoms. The van der Waals surface area contributed by atoms with E-state index in [0.717, 1.165) is 44.8 Å². The Morgan fingerprint density at radius 1 is 0.204 bits per heavy atom. The van der Waals surface area contributed by atoms with Gasteiger partial charge < -0.3 is 0 Å². The molecular weight excluding hydrogens is 655 g/mol. The first-order valence-electron chi connectivity index (χ1n) is 18.1. The van der Waals surface area contributed by atoms with Gasteiger partial charge in [-0.1, -0.05) is 133 Å². The van der Waals surface area contributed by atoms with E-state index >= 15 is 0 Å². The van der Waals surface area contributed by atoms with Crippen molar-refractivity contribution >= 4 is 0 Å². The Morgan fingerprint density at radius 3 is 0.778 bits per heavy atom. The number of pyridine rings is 3. The summed E-state index contributed by atoms with van der Waals surface area (Å²) in [5, 5.41) is 0. The van der Waals surface area contributed by atoms with Crippen LogP contribution in [0.3, 0.4) is 0 Å². The van der Waals surface area contributed by atoms with Gasteiger partial charge in [0.25, 0.3) is 0 Å². The van der Waals surface area contributed by atoms with Crippen LogP contribution in [0.1, 0.15) is 0 Å². The van der Waals surface area contributed by atoms with Gasteiger partial charge in [-0.2, -0.15) is 0 Å². The molecule has 0 aliphatic rings. The SMILES string of the molecule is c1ccc(-c2ccc(-c3cc(-c4ccc(-c5ccccc5)cc4)cc(-c4ccc(-c5cc(-c6ccncc6)nc(-c6ccncc6)c5)cc4)c3)cc2)cc1. The summed E-state index contributed by atoms with van der Waals surface area (Å²) in [7, 11) is 0. The molecule has 254 valence electrons. The lowest BCUT2D eigenvalue weighted by atomic mass is 9.91. The van der Waals surface area contributed by atoms with Crippen LogP contribution >= 0.6 is 0 Å². The van der Waals surface area contributed by atoms with Gasteiger partial charge in [-0.05, 0) is 121 Å². The minimum atomic E-state index is 0.902. The van der Waals surface area contributed by atoms with Crippen LogP contribution in [0.25, 0.3) is 89.3 Å². The van der Waals surface area contributed by atoms with E-state index in [-0.39, 0.29) is 0 Å². The molecule has 9 rings (SSSR count). The third-order valence-corrected chi connectivity index (χ3v) is 9.91. The van der Waals surface area contributed by atoms with Crippen molar-refractivity contribution in [1.82, 2.24) is 15.0 Å². The maximum absolute atomic E-state index is 5.03. The average Bonchev–Trinajstić information content (AvgIpc) is 3.27. The van der Waals surface area contributed by atoms with Crippen molar-refractivity contribution in [2.75, 3.05) is 0 Å². The Bertz CT molecular complexity index is 2480. The standard InChI is InChI=1S/C51H35N3/c1-3-7-36(8-4-1)38-11-15-40(16-12-38)46-31-47(41-17-13-39(14-18-41)37-9-5-2-6-10-37)33-48(32-46)42-19-21-43(22-20-42)49-34-50(44-23-27-52-28-24-44)54-51(35-49)45-25-29-53-30-26-45/h1-35H. The van der Waals surface area contributed by atoms with Gasteiger partial charge in [0.15, 0.2) is 0 Å². The van der Waals surface area contributed by atoms with Crippen LogP contribution in [0.15, 0.2) is 213 Å². The minimum Gasteiger partial charge on any atom is -0.265 e. The minimum absolute atomic E-state index is 0.902. The Morgan fingerprint density at radius 2 is 0.463 bits per heavy atom. The van der Waals surface area contributed by atoms with Crippen molar-refractivity contribution in [2.45, 2.75) is 0 Å². The molecule has 3 heteroatoms. The second-order valence-electron chi connectivity index (χ2n) is 13.4. The molecule has 0 amide bonds. The maximum atomic E-state index is 5.03. The molecule has 0 aliphatic carbocycles. The average molecular weight is 690 g/mol. The molecular formula is C51H35N3. The van der Waals surface area contributed by atoms with Crippen LogP contribution in [0, 0.1) is 0 Å². The fourth-order valence-electron chi connectivity index (χ4n) is 6.99. The molecule has 0 aliphatic heterocycles. The second-order valence-corrected chi connectivity index (χ2v) is 13.4. The van der Waals surface area contributed by atoms with Crippen molar-refractivity contribution in [2.24, 2.45) is 0 Å². The normalized spacial score (nSPS) is 11.0. The fraction of sp³-hybridized carbons (Fsp3) is 0. The van der Waals surface area contributed by atoms with E-state index in [9.17, 15) is 0 Å². The number of hydrogen-bond acceptors (Lipinski definition) is 3. The zero-order chi connectivity index (χ0) is 36.1. The lowest BCUT2D eigenvalue weighted by Crippen LogP contribution is -1.92. The Balaban J connectivity index is 1.10. The first-order valence-corrected chi connectivity index (χ1v) is 18.1. The van der Waals surface area contributed by atoms with Gasteiger partial charge in [0.2, 0.25) is 0 Å². The lowest BCUT2D eigenvalue weighted by Gasteiger charge is -2.14. The lowest BCUT2D eigenvalue weighted by molar-refractivity contribution is 1.27. The van der Waals surface area contributed by atoms with Crippen LogP contribution in [0.2, 0.25) is 0 Å². The molecule has 0 saturated heterocycles. The second kappa shape index (κ2) is 14.8. The topological polar surface area (TPSA) is 38.7 Å². The summed E-state index contributed by atoms with van der Waals surface area (Å²) in [6.07, 6.45) is 7.23. The van der Waals surface area contributed by atoms with Gasteiger partial charge >= 0.3 is 0 Å². The third kappa shape index (κ3) is 6.99. The molecule has 0 saturated carbocycles. The van der Waals surface area contributed by atoms with Crippen LogP contribution in [0.4, 0.5) is 0 Å². The van der Waals surface area contributed by atoms with Gasteiger partial charge in [0.1, 0.15) is 0 Å². The van der Waals surface area contributed by atoms with E-state index in [1.807, 2.05) is 49.1 Å². The molecule has 0 fully saturated rings. The zero-order valence-corrected chi connectivity index (χ0v) is 29.5. The third-order valence-electron chi connectivity index (χ3n) is 9.91. The number of nitrogens with zero attached hydrogens (tertiary/aromatic N) is 3. The summed E-state index contributed by atoms with van der Waals surface area (Å²) >= 11 is 0. The number of rotatable bonds is 8. The van der Waals surface area contributed by atoms with Crippen molar-refractivity contribution in [3.63, 3.8) is 0 Å². The van der Waals surface area contributed by atoms with Crippen molar-refractivity contribution in [3.05, 3.63) is 213 Å². The Hall–Kier alpha value is -7.23. The first kappa shape index (κ1) is 32.7. The van der Waals surface area contributed by atoms with Gasteiger partial charge in [0, 0.05) is 35.9 Å². The highest BCUT2D eigenvalue weighted by Crippen LogP contribution is 2.36. The van der Waals surface area contributed by atoms with E-state index < -0.39 is 0 Å². The summed E-state index contributed by atoms with van der Waals surface area (Å²) in [5.41, 5.74) is 18.0. The van der Waals surface area contributed by atoms with Crippen LogP contribution in [-0.4, -0.2) is 15.0 Å². The molecule has 9 aromatic rings. The molecule has 0 N–H and O–H groups in total. The predicted molar refractivity (Wildman–Crippen MR) is 223 cm³/mol. The Labute approximate surface area is 316 Å². The number of benzene rings is 6. The fourth-order valence-corrected chi connectivity index (χ4v) is 6.99. The zero-order valence-electron chi connectivity index (χ0n) is 29.5. The number of aromatic nitrogens is 3. The summed E-state index contributed by atoms with van der Waals surface area (Å²) in [4.78, 5) is 13.5. The molecule has 0 atom stereocenters. The van der Waals surface area contributed by atoms with E-state index in [1.54, 1.807) is 0 Å². The van der Waals surface area contributed by atoms with E-state index in [1.165, 1.54) is 44.5 Å². The maximum Gasteiger partial charge on any atom is 0.0716 e. The summed E-state index contributed by atoms with van der Waals surface area (Å²) in [5.74, 6) is 0. The molecule has 0 radical (unpaired) electrons. The highest BCUT2D eigenvalue weighted by atomic mass is 14.7. The summed E-state index contributed by atoms with van der Waals surface area (Å²) in [6, 6.07) is 67.0. The molecule has 0 bridgehead atoms. The van der Waals surface area contributed by atoms with E-state index in [0.29, 0.717) is 0 Å². The van der Waals surface area contributed by atoms with Gasteiger partial charge in [-0.25, -0.2) is 4.98 Å². The Kier molecular flexibility index (Phi) is 8.94. The molecule has 6 aromatic carbocycles. The van der Waals surface area contributed by atoms with Gasteiger partial charge in [-0.15, -0.1) is 0 Å². The molecule has 0 spiro atoms.